The van der Waals surface area contributed by atoms with Crippen LogP contribution in [0, 0.1) is 0 Å². The lowest BCUT2D eigenvalue weighted by Crippen LogP contribution is -2.34. The van der Waals surface area contributed by atoms with E-state index in [9.17, 15) is 9.59 Å². The van der Waals surface area contributed by atoms with Gasteiger partial charge in [0.05, 0.1) is 31.6 Å². The van der Waals surface area contributed by atoms with Crippen LogP contribution in [0.1, 0.15) is 61.6 Å². The Balaban J connectivity index is 1.45. The van der Waals surface area contributed by atoms with Crippen LogP contribution in [0.3, 0.4) is 0 Å². The first-order chi connectivity index (χ1) is 16.5. The molecular weight excluding hydrogens is 452 g/mol. The van der Waals surface area contributed by atoms with Crippen molar-refractivity contribution in [3.8, 4) is 11.5 Å². The minimum absolute atomic E-state index is 0.167. The second-order valence-electron chi connectivity index (χ2n) is 8.37. The average molecular weight is 483 g/mol. The minimum atomic E-state index is -0.746. The van der Waals surface area contributed by atoms with E-state index < -0.39 is 11.9 Å². The summed E-state index contributed by atoms with van der Waals surface area (Å²) in [4.78, 5) is 32.4. The fourth-order valence-corrected chi connectivity index (χ4v) is 5.25. The van der Waals surface area contributed by atoms with Gasteiger partial charge in [0.15, 0.2) is 11.5 Å². The van der Waals surface area contributed by atoms with Gasteiger partial charge in [0.2, 0.25) is 0 Å². The molecule has 1 unspecified atom stereocenters. The number of hydrogen-bond donors (Lipinski definition) is 1. The zero-order chi connectivity index (χ0) is 24.1. The molecule has 2 heterocycles. The Kier molecular flexibility index (Phi) is 7.62. The summed E-state index contributed by atoms with van der Waals surface area (Å²) in [7, 11) is 1.58. The van der Waals surface area contributed by atoms with Crippen LogP contribution < -0.4 is 20.5 Å². The van der Waals surface area contributed by atoms with Gasteiger partial charge in [0.25, 0.3) is 11.5 Å². The normalized spacial score (nSPS) is 14.2. The number of fused-ring (bicyclic) bond motifs is 3. The highest BCUT2D eigenvalue weighted by molar-refractivity contribution is 7.18. The third-order valence-corrected chi connectivity index (χ3v) is 7.23. The maximum absolute atomic E-state index is 13.2. The molecule has 1 aromatic carbocycles. The molecule has 1 N–H and O–H groups in total. The van der Waals surface area contributed by atoms with E-state index in [1.165, 1.54) is 22.0 Å². The quantitative estimate of drug-likeness (QED) is 0.280. The van der Waals surface area contributed by atoms with E-state index in [2.05, 4.69) is 22.4 Å². The average Bonchev–Trinajstić information content (AvgIpc) is 3.24. The van der Waals surface area contributed by atoms with E-state index >= 15 is 0 Å². The topological polar surface area (TPSA) is 94.8 Å². The van der Waals surface area contributed by atoms with Gasteiger partial charge in [-0.05, 0) is 68.4 Å². The molecule has 0 saturated heterocycles. The Morgan fingerprint density at radius 1 is 1.32 bits per heavy atom. The van der Waals surface area contributed by atoms with Gasteiger partial charge >= 0.3 is 0 Å². The lowest BCUT2D eigenvalue weighted by molar-refractivity contribution is -0.123. The molecule has 8 nitrogen and oxygen atoms in total. The van der Waals surface area contributed by atoms with Crippen molar-refractivity contribution in [1.82, 2.24) is 15.0 Å². The number of unbranched alkanes of at least 4 members (excludes halogenated alkanes) is 1. The lowest BCUT2D eigenvalue weighted by atomic mass is 9.97. The van der Waals surface area contributed by atoms with Crippen LogP contribution in [0.2, 0.25) is 0 Å². The summed E-state index contributed by atoms with van der Waals surface area (Å²) in [5.74, 6) is 0.878. The second-order valence-corrected chi connectivity index (χ2v) is 9.45. The van der Waals surface area contributed by atoms with Crippen LogP contribution in [0.5, 0.6) is 11.5 Å². The number of amides is 1. The van der Waals surface area contributed by atoms with Gasteiger partial charge in [0.1, 0.15) is 10.9 Å². The van der Waals surface area contributed by atoms with E-state index in [1.807, 2.05) is 12.1 Å². The number of thiophene rings is 1. The number of methoxy groups -OCH3 is 1. The van der Waals surface area contributed by atoms with Crippen LogP contribution in [-0.4, -0.2) is 35.4 Å². The summed E-state index contributed by atoms with van der Waals surface area (Å²) in [6, 6.07) is 4.71. The predicted octanol–water partition coefficient (Wildman–Crippen LogP) is 4.24. The summed E-state index contributed by atoms with van der Waals surface area (Å²) in [5, 5.41) is 4.73. The van der Waals surface area contributed by atoms with Crippen molar-refractivity contribution in [3.63, 3.8) is 0 Å². The molecule has 0 spiro atoms. The standard InChI is InChI=1S/C25H30N4O4S/c1-4-5-12-33-19-11-10-17(13-20(19)32-3)14-27-28-23(30)16(2)29-15-26-24-22(25(29)31)18-8-6-7-9-21(18)34-24/h10-11,13-16H,4-9,12H2,1-3H3,(H,28,30)/b27-14+. The lowest BCUT2D eigenvalue weighted by Gasteiger charge is -2.14. The summed E-state index contributed by atoms with van der Waals surface area (Å²) >= 11 is 1.60. The highest BCUT2D eigenvalue weighted by atomic mass is 32.1. The number of ether oxygens (including phenoxy) is 2. The number of rotatable bonds is 9. The van der Waals surface area contributed by atoms with Crippen LogP contribution in [0.4, 0.5) is 0 Å². The van der Waals surface area contributed by atoms with Crippen molar-refractivity contribution >= 4 is 33.7 Å². The summed E-state index contributed by atoms with van der Waals surface area (Å²) in [5.41, 5.74) is 4.22. The number of nitrogens with one attached hydrogen (secondary N) is 1. The van der Waals surface area contributed by atoms with Gasteiger partial charge in [-0.3, -0.25) is 14.2 Å². The zero-order valence-electron chi connectivity index (χ0n) is 19.8. The Morgan fingerprint density at radius 2 is 2.15 bits per heavy atom. The molecule has 9 heteroatoms. The molecule has 0 bridgehead atoms. The van der Waals surface area contributed by atoms with E-state index in [0.717, 1.165) is 54.5 Å². The van der Waals surface area contributed by atoms with E-state index in [4.69, 9.17) is 9.47 Å². The van der Waals surface area contributed by atoms with E-state index in [0.29, 0.717) is 23.5 Å². The highest BCUT2D eigenvalue weighted by Crippen LogP contribution is 2.33. The molecule has 1 aliphatic rings. The molecule has 1 amide bonds. The first-order valence-electron chi connectivity index (χ1n) is 11.7. The van der Waals surface area contributed by atoms with Crippen molar-refractivity contribution in [1.29, 1.82) is 0 Å². The van der Waals surface area contributed by atoms with Crippen molar-refractivity contribution in [2.75, 3.05) is 13.7 Å². The van der Waals surface area contributed by atoms with Crippen molar-refractivity contribution in [3.05, 3.63) is 50.9 Å². The van der Waals surface area contributed by atoms with Crippen LogP contribution in [-0.2, 0) is 17.6 Å². The molecule has 0 fully saturated rings. The Bertz CT molecular complexity index is 1260. The van der Waals surface area contributed by atoms with E-state index in [1.54, 1.807) is 31.4 Å². The molecule has 0 radical (unpaired) electrons. The fraction of sp³-hybridized carbons (Fsp3) is 0.440. The fourth-order valence-electron chi connectivity index (χ4n) is 4.04. The number of carbonyl (C=O) groups excluding carboxylic acids is 1. The number of aromatic nitrogens is 2. The molecule has 3 aromatic rings. The molecular formula is C25H30N4O4S. The Morgan fingerprint density at radius 3 is 2.94 bits per heavy atom. The molecule has 0 aliphatic heterocycles. The summed E-state index contributed by atoms with van der Waals surface area (Å²) < 4.78 is 12.5. The SMILES string of the molecule is CCCCOc1ccc(/C=N/NC(=O)C(C)n2cnc3sc4c(c3c2=O)CCCC4)cc1OC. The highest BCUT2D eigenvalue weighted by Gasteiger charge is 2.23. The number of carbonyl (C=O) groups is 1. The van der Waals surface area contributed by atoms with Crippen molar-refractivity contribution in [2.24, 2.45) is 5.10 Å². The molecule has 2 aromatic heterocycles. The van der Waals surface area contributed by atoms with Gasteiger partial charge in [-0.1, -0.05) is 13.3 Å². The number of aryl methyl sites for hydroxylation is 2. The molecule has 34 heavy (non-hydrogen) atoms. The monoisotopic (exact) mass is 482 g/mol. The number of hydrazone groups is 1. The third-order valence-electron chi connectivity index (χ3n) is 6.03. The maximum atomic E-state index is 13.2. The third kappa shape index (κ3) is 4.99. The Hall–Kier alpha value is -3.20. The first kappa shape index (κ1) is 23.9. The molecule has 1 atom stereocenters. The van der Waals surface area contributed by atoms with Gasteiger partial charge < -0.3 is 9.47 Å². The largest absolute Gasteiger partial charge is 0.493 e. The molecule has 4 rings (SSSR count). The number of benzene rings is 1. The molecule has 0 saturated carbocycles. The molecule has 180 valence electrons. The molecule has 1 aliphatic carbocycles. The number of hydrogen-bond acceptors (Lipinski definition) is 7. The smallest absolute Gasteiger partial charge is 0.263 e. The van der Waals surface area contributed by atoms with Gasteiger partial charge in [0, 0.05) is 4.88 Å². The van der Waals surface area contributed by atoms with E-state index in [-0.39, 0.29) is 5.56 Å². The van der Waals surface area contributed by atoms with Crippen LogP contribution in [0.15, 0.2) is 34.4 Å². The second kappa shape index (κ2) is 10.8. The van der Waals surface area contributed by atoms with Crippen LogP contribution >= 0.6 is 11.3 Å². The van der Waals surface area contributed by atoms with Gasteiger partial charge in [-0.25, -0.2) is 10.4 Å². The summed E-state index contributed by atoms with van der Waals surface area (Å²) in [6.07, 6.45) is 9.13. The minimum Gasteiger partial charge on any atom is -0.493 e. The maximum Gasteiger partial charge on any atom is 0.263 e. The predicted molar refractivity (Wildman–Crippen MR) is 134 cm³/mol. The van der Waals surface area contributed by atoms with Crippen molar-refractivity contribution < 1.29 is 14.3 Å². The first-order valence-corrected chi connectivity index (χ1v) is 12.5. The summed E-state index contributed by atoms with van der Waals surface area (Å²) in [6.45, 7) is 4.40. The van der Waals surface area contributed by atoms with Crippen molar-refractivity contribution in [2.45, 2.75) is 58.4 Å². The number of nitrogens with zero attached hydrogens (tertiary/aromatic N) is 3. The van der Waals surface area contributed by atoms with Gasteiger partial charge in [-0.2, -0.15) is 5.10 Å². The van der Waals surface area contributed by atoms with Gasteiger partial charge in [-0.15, -0.1) is 11.3 Å². The Labute approximate surface area is 202 Å². The zero-order valence-corrected chi connectivity index (χ0v) is 20.6. The van der Waals surface area contributed by atoms with Crippen LogP contribution in [0.25, 0.3) is 10.2 Å².